The Morgan fingerprint density at radius 1 is 1.40 bits per heavy atom. The van der Waals surface area contributed by atoms with Gasteiger partial charge in [-0.05, 0) is 6.07 Å². The van der Waals surface area contributed by atoms with Crippen LogP contribution in [0.15, 0.2) is 24.3 Å². The van der Waals surface area contributed by atoms with Gasteiger partial charge in [-0.25, -0.2) is 0 Å². The molecule has 0 aliphatic heterocycles. The number of rotatable bonds is 7. The van der Waals surface area contributed by atoms with E-state index in [1.165, 1.54) is 31.4 Å². The van der Waals surface area contributed by atoms with Crippen molar-refractivity contribution in [2.24, 2.45) is 0 Å². The van der Waals surface area contributed by atoms with E-state index in [-0.39, 0.29) is 31.0 Å². The standard InChI is InChI=1S/C12H14N2O6/c1-19-12(16)5-6-13-11(15)8-20-10-4-2-3-9(7-10)14(17)18/h2-4,7H,5-6,8H2,1H3,(H,13,15). The topological polar surface area (TPSA) is 108 Å². The summed E-state index contributed by atoms with van der Waals surface area (Å²) in [6, 6.07) is 5.52. The van der Waals surface area contributed by atoms with Crippen molar-refractivity contribution in [1.29, 1.82) is 0 Å². The van der Waals surface area contributed by atoms with Crippen LogP contribution in [-0.2, 0) is 14.3 Å². The molecule has 0 aliphatic carbocycles. The Bertz CT molecular complexity index is 502. The molecule has 0 heterocycles. The lowest BCUT2D eigenvalue weighted by Gasteiger charge is -2.06. The van der Waals surface area contributed by atoms with Crippen molar-refractivity contribution in [3.05, 3.63) is 34.4 Å². The average Bonchev–Trinajstić information content (AvgIpc) is 2.45. The summed E-state index contributed by atoms with van der Waals surface area (Å²) < 4.78 is 9.52. The second-order valence-electron chi connectivity index (χ2n) is 3.72. The predicted octanol–water partition coefficient (Wildman–Crippen LogP) is 0.653. The first-order valence-electron chi connectivity index (χ1n) is 5.73. The van der Waals surface area contributed by atoms with E-state index >= 15 is 0 Å². The highest BCUT2D eigenvalue weighted by Crippen LogP contribution is 2.18. The lowest BCUT2D eigenvalue weighted by molar-refractivity contribution is -0.384. The molecular weight excluding hydrogens is 268 g/mol. The third-order valence-electron chi connectivity index (χ3n) is 2.28. The number of esters is 1. The molecule has 0 atom stereocenters. The van der Waals surface area contributed by atoms with E-state index in [1.807, 2.05) is 0 Å². The van der Waals surface area contributed by atoms with Crippen molar-refractivity contribution < 1.29 is 24.0 Å². The molecule has 1 N–H and O–H groups in total. The summed E-state index contributed by atoms with van der Waals surface area (Å²) in [7, 11) is 1.26. The van der Waals surface area contributed by atoms with Crippen LogP contribution in [0.4, 0.5) is 5.69 Å². The summed E-state index contributed by atoms with van der Waals surface area (Å²) in [5.74, 6) is -0.632. The monoisotopic (exact) mass is 282 g/mol. The number of nitrogens with zero attached hydrogens (tertiary/aromatic N) is 1. The summed E-state index contributed by atoms with van der Waals surface area (Å²) >= 11 is 0. The minimum atomic E-state index is -0.552. The molecule has 0 aromatic heterocycles. The second kappa shape index (κ2) is 7.72. The third-order valence-corrected chi connectivity index (χ3v) is 2.28. The molecule has 0 aliphatic rings. The number of hydrogen-bond donors (Lipinski definition) is 1. The lowest BCUT2D eigenvalue weighted by Crippen LogP contribution is -2.30. The van der Waals surface area contributed by atoms with Crippen molar-refractivity contribution in [1.82, 2.24) is 5.32 Å². The first-order chi connectivity index (χ1) is 9.52. The van der Waals surface area contributed by atoms with Crippen LogP contribution in [0.3, 0.4) is 0 Å². The molecule has 8 nitrogen and oxygen atoms in total. The summed E-state index contributed by atoms with van der Waals surface area (Å²) in [6.07, 6.45) is 0.0685. The fourth-order valence-corrected chi connectivity index (χ4v) is 1.29. The van der Waals surface area contributed by atoms with Crippen LogP contribution in [0, 0.1) is 10.1 Å². The fourth-order valence-electron chi connectivity index (χ4n) is 1.29. The van der Waals surface area contributed by atoms with Gasteiger partial charge in [-0.3, -0.25) is 19.7 Å². The molecule has 1 aromatic carbocycles. The largest absolute Gasteiger partial charge is 0.484 e. The van der Waals surface area contributed by atoms with Crippen LogP contribution >= 0.6 is 0 Å². The Labute approximate surface area is 114 Å². The van der Waals surface area contributed by atoms with Crippen molar-refractivity contribution in [3.8, 4) is 5.75 Å². The van der Waals surface area contributed by atoms with E-state index in [4.69, 9.17) is 4.74 Å². The zero-order valence-corrected chi connectivity index (χ0v) is 10.8. The Hall–Kier alpha value is -2.64. The number of nitro groups is 1. The summed E-state index contributed by atoms with van der Waals surface area (Å²) in [6.45, 7) is -0.147. The van der Waals surface area contributed by atoms with E-state index < -0.39 is 16.8 Å². The number of hydrogen-bond acceptors (Lipinski definition) is 6. The number of nitrogens with one attached hydrogen (secondary N) is 1. The van der Waals surface area contributed by atoms with Gasteiger partial charge in [0.15, 0.2) is 6.61 Å². The Balaban J connectivity index is 2.35. The van der Waals surface area contributed by atoms with Gasteiger partial charge < -0.3 is 14.8 Å². The summed E-state index contributed by atoms with van der Waals surface area (Å²) in [5.41, 5.74) is -0.117. The summed E-state index contributed by atoms with van der Waals surface area (Å²) in [5, 5.41) is 13.0. The maximum absolute atomic E-state index is 11.4. The fraction of sp³-hybridized carbons (Fsp3) is 0.333. The van der Waals surface area contributed by atoms with E-state index in [9.17, 15) is 19.7 Å². The minimum Gasteiger partial charge on any atom is -0.484 e. The van der Waals surface area contributed by atoms with Crippen LogP contribution in [0.2, 0.25) is 0 Å². The van der Waals surface area contributed by atoms with Crippen molar-refractivity contribution in [2.45, 2.75) is 6.42 Å². The maximum atomic E-state index is 11.4. The quantitative estimate of drug-likeness (QED) is 0.447. The highest BCUT2D eigenvalue weighted by molar-refractivity contribution is 5.78. The maximum Gasteiger partial charge on any atom is 0.307 e. The molecule has 0 unspecified atom stereocenters. The highest BCUT2D eigenvalue weighted by Gasteiger charge is 2.08. The Morgan fingerprint density at radius 2 is 2.15 bits per heavy atom. The van der Waals surface area contributed by atoms with Crippen LogP contribution < -0.4 is 10.1 Å². The first-order valence-corrected chi connectivity index (χ1v) is 5.73. The molecule has 20 heavy (non-hydrogen) atoms. The second-order valence-corrected chi connectivity index (χ2v) is 3.72. The Kier molecular flexibility index (Phi) is 5.95. The van der Waals surface area contributed by atoms with Gasteiger partial charge in [-0.1, -0.05) is 6.07 Å². The van der Waals surface area contributed by atoms with Gasteiger partial charge in [-0.15, -0.1) is 0 Å². The van der Waals surface area contributed by atoms with Crippen LogP contribution in [-0.4, -0.2) is 37.1 Å². The molecule has 8 heteroatoms. The molecule has 0 radical (unpaired) electrons. The van der Waals surface area contributed by atoms with Gasteiger partial charge in [0.25, 0.3) is 11.6 Å². The number of benzene rings is 1. The van der Waals surface area contributed by atoms with Crippen molar-refractivity contribution in [2.75, 3.05) is 20.3 Å². The van der Waals surface area contributed by atoms with Crippen molar-refractivity contribution >= 4 is 17.6 Å². The van der Waals surface area contributed by atoms with Gasteiger partial charge in [0.2, 0.25) is 0 Å². The number of carbonyl (C=O) groups excluding carboxylic acids is 2. The van der Waals surface area contributed by atoms with Crippen LogP contribution in [0.1, 0.15) is 6.42 Å². The Morgan fingerprint density at radius 3 is 2.80 bits per heavy atom. The smallest absolute Gasteiger partial charge is 0.307 e. The number of amides is 1. The normalized spacial score (nSPS) is 9.65. The lowest BCUT2D eigenvalue weighted by atomic mass is 10.3. The van der Waals surface area contributed by atoms with E-state index in [2.05, 4.69) is 10.1 Å². The number of methoxy groups -OCH3 is 1. The molecule has 1 aromatic rings. The molecule has 0 saturated carbocycles. The predicted molar refractivity (Wildman–Crippen MR) is 68.2 cm³/mol. The molecule has 0 spiro atoms. The van der Waals surface area contributed by atoms with E-state index in [1.54, 1.807) is 0 Å². The molecule has 1 amide bonds. The SMILES string of the molecule is COC(=O)CCNC(=O)COc1cccc([N+](=O)[O-])c1. The van der Waals surface area contributed by atoms with Gasteiger partial charge in [0.05, 0.1) is 24.5 Å². The zero-order chi connectivity index (χ0) is 15.0. The highest BCUT2D eigenvalue weighted by atomic mass is 16.6. The van der Waals surface area contributed by atoms with E-state index in [0.29, 0.717) is 0 Å². The van der Waals surface area contributed by atoms with Gasteiger partial charge in [-0.2, -0.15) is 0 Å². The molecule has 1 rings (SSSR count). The van der Waals surface area contributed by atoms with Gasteiger partial charge in [0, 0.05) is 12.6 Å². The number of nitro benzene ring substituents is 1. The summed E-state index contributed by atoms with van der Waals surface area (Å²) in [4.78, 5) is 32.2. The first kappa shape index (κ1) is 15.4. The molecule has 0 saturated heterocycles. The third kappa shape index (κ3) is 5.34. The molecule has 108 valence electrons. The van der Waals surface area contributed by atoms with E-state index in [0.717, 1.165) is 0 Å². The van der Waals surface area contributed by atoms with Crippen LogP contribution in [0.5, 0.6) is 5.75 Å². The number of ether oxygens (including phenoxy) is 2. The zero-order valence-electron chi connectivity index (χ0n) is 10.8. The van der Waals surface area contributed by atoms with Crippen molar-refractivity contribution in [3.63, 3.8) is 0 Å². The average molecular weight is 282 g/mol. The molecular formula is C12H14N2O6. The number of non-ortho nitro benzene ring substituents is 1. The molecule has 0 bridgehead atoms. The van der Waals surface area contributed by atoms with Gasteiger partial charge in [0.1, 0.15) is 5.75 Å². The van der Waals surface area contributed by atoms with Gasteiger partial charge >= 0.3 is 5.97 Å². The molecule has 0 fully saturated rings. The minimum absolute atomic E-state index is 0.0685. The van der Waals surface area contributed by atoms with Crippen LogP contribution in [0.25, 0.3) is 0 Å². The number of carbonyl (C=O) groups is 2.